The lowest BCUT2D eigenvalue weighted by Crippen LogP contribution is -2.28. The fourth-order valence-electron chi connectivity index (χ4n) is 4.77. The van der Waals surface area contributed by atoms with Crippen molar-refractivity contribution in [1.29, 1.82) is 0 Å². The average Bonchev–Trinajstić information content (AvgIpc) is 3.72. The molecule has 272 valence electrons. The van der Waals surface area contributed by atoms with E-state index in [0.717, 1.165) is 5.01 Å². The van der Waals surface area contributed by atoms with Gasteiger partial charge in [-0.15, -0.1) is 24.8 Å². The largest absolute Gasteiger partial charge is 0.507 e. The van der Waals surface area contributed by atoms with E-state index in [0.29, 0.717) is 57.2 Å². The maximum atomic E-state index is 13.4. The summed E-state index contributed by atoms with van der Waals surface area (Å²) in [6.07, 6.45) is 0.678. The first-order valence-electron chi connectivity index (χ1n) is 14.8. The topological polar surface area (TPSA) is 261 Å². The van der Waals surface area contributed by atoms with Crippen LogP contribution < -0.4 is 21.3 Å². The van der Waals surface area contributed by atoms with Crippen LogP contribution in [0.5, 0.6) is 11.5 Å². The van der Waals surface area contributed by atoms with Crippen molar-refractivity contribution < 1.29 is 48.9 Å². The molecule has 20 heteroatoms. The molecule has 18 nitrogen and oxygen atoms in total. The first kappa shape index (κ1) is 41.2. The van der Waals surface area contributed by atoms with E-state index >= 15 is 0 Å². The lowest BCUT2D eigenvalue weighted by Gasteiger charge is -2.25. The molecule has 3 aromatic rings. The number of ether oxygens (including phenoxy) is 1. The van der Waals surface area contributed by atoms with Crippen LogP contribution in [0.25, 0.3) is 0 Å². The van der Waals surface area contributed by atoms with Crippen molar-refractivity contribution >= 4 is 65.9 Å². The van der Waals surface area contributed by atoms with Crippen LogP contribution in [0.4, 0.5) is 22.1 Å². The highest BCUT2D eigenvalue weighted by Crippen LogP contribution is 2.42. The standard InChI is InChI=1S/C22H28N4O6.C8H7N3O5.2ClH/c27-11-9-23-5-7-25-13-1-2-14(26-8-6-24-10-12-28)18-17(13)21(31)19-15(29)3-4-16(30)20(19)22(18)32;12-8-10(3-4-15-8)9-5-6-1-2-7(16-6)11(13)14;;/h1-4,23-30H,5-12H2;1-2,5H,3-4H2;2*1H. The van der Waals surface area contributed by atoms with Gasteiger partial charge in [-0.25, -0.2) is 4.79 Å². The number of cyclic esters (lactones) is 1. The number of hydrogen-bond acceptors (Lipinski definition) is 16. The first-order valence-corrected chi connectivity index (χ1v) is 14.8. The van der Waals surface area contributed by atoms with Crippen LogP contribution >= 0.6 is 24.8 Å². The molecule has 1 amide bonds. The number of phenolic OH excluding ortho intramolecular Hbond substituents is 2. The summed E-state index contributed by atoms with van der Waals surface area (Å²) in [6, 6.07) is 8.35. The molecule has 0 saturated carbocycles. The summed E-state index contributed by atoms with van der Waals surface area (Å²) in [5, 5.41) is 65.7. The molecule has 0 unspecified atom stereocenters. The van der Waals surface area contributed by atoms with Gasteiger partial charge in [-0.1, -0.05) is 0 Å². The van der Waals surface area contributed by atoms with Crippen molar-refractivity contribution in [2.45, 2.75) is 0 Å². The van der Waals surface area contributed by atoms with E-state index in [1.54, 1.807) is 12.1 Å². The number of halogens is 2. The first-order chi connectivity index (χ1) is 23.2. The number of benzene rings is 2. The van der Waals surface area contributed by atoms with Crippen molar-refractivity contribution in [1.82, 2.24) is 15.6 Å². The molecular weight excluding hydrogens is 705 g/mol. The Morgan fingerprint density at radius 2 is 1.30 bits per heavy atom. The summed E-state index contributed by atoms with van der Waals surface area (Å²) in [5.41, 5.74) is 0.678. The number of hydrogen-bond donors (Lipinski definition) is 8. The lowest BCUT2D eigenvalue weighted by atomic mass is 9.81. The second-order valence-electron chi connectivity index (χ2n) is 10.1. The number of aliphatic hydroxyl groups excluding tert-OH is 2. The molecule has 2 heterocycles. The summed E-state index contributed by atoms with van der Waals surface area (Å²) < 4.78 is 9.44. The average molecular weight is 743 g/mol. The van der Waals surface area contributed by atoms with Crippen LogP contribution in [0, 0.1) is 10.1 Å². The second kappa shape index (κ2) is 19.9. The molecule has 0 spiro atoms. The van der Waals surface area contributed by atoms with Crippen LogP contribution in [0.3, 0.4) is 0 Å². The van der Waals surface area contributed by atoms with Crippen LogP contribution in [-0.2, 0) is 4.74 Å². The Hall–Kier alpha value is -4.98. The van der Waals surface area contributed by atoms with E-state index in [1.165, 1.54) is 30.5 Å². The molecule has 2 aromatic carbocycles. The fraction of sp³-hybridized carbons (Fsp3) is 0.333. The number of anilines is 2. The number of aromatic hydroxyl groups is 2. The molecule has 0 atom stereocenters. The summed E-state index contributed by atoms with van der Waals surface area (Å²) in [5.74, 6) is -2.03. The predicted molar refractivity (Wildman–Crippen MR) is 185 cm³/mol. The van der Waals surface area contributed by atoms with Crippen LogP contribution in [-0.4, -0.2) is 120 Å². The quantitative estimate of drug-likeness (QED) is 0.0283. The molecule has 50 heavy (non-hydrogen) atoms. The van der Waals surface area contributed by atoms with E-state index in [9.17, 15) is 34.7 Å². The summed E-state index contributed by atoms with van der Waals surface area (Å²) >= 11 is 0. The Bertz CT molecular complexity index is 1610. The molecule has 1 aliphatic carbocycles. The van der Waals surface area contributed by atoms with E-state index in [1.807, 2.05) is 0 Å². The minimum Gasteiger partial charge on any atom is -0.507 e. The third kappa shape index (κ3) is 10.0. The number of nitrogens with one attached hydrogen (secondary N) is 4. The number of aliphatic hydroxyl groups is 2. The van der Waals surface area contributed by atoms with Gasteiger partial charge < -0.3 is 50.8 Å². The van der Waals surface area contributed by atoms with Gasteiger partial charge in [0.25, 0.3) is 0 Å². The molecule has 1 saturated heterocycles. The zero-order valence-corrected chi connectivity index (χ0v) is 28.1. The Balaban J connectivity index is 0.000000406. The van der Waals surface area contributed by atoms with Crippen LogP contribution in [0.2, 0.25) is 0 Å². The van der Waals surface area contributed by atoms with Gasteiger partial charge in [0.2, 0.25) is 11.6 Å². The zero-order valence-electron chi connectivity index (χ0n) is 26.4. The highest BCUT2D eigenvalue weighted by molar-refractivity contribution is 6.33. The van der Waals surface area contributed by atoms with Crippen molar-refractivity contribution in [2.24, 2.45) is 5.10 Å². The number of fused-ring (bicyclic) bond motifs is 2. The maximum Gasteiger partial charge on any atom is 0.433 e. The van der Waals surface area contributed by atoms with E-state index < -0.39 is 22.6 Å². The third-order valence-corrected chi connectivity index (χ3v) is 6.94. The molecule has 2 aliphatic rings. The number of phenols is 2. The number of nitro groups is 1. The summed E-state index contributed by atoms with van der Waals surface area (Å²) in [4.78, 5) is 47.4. The van der Waals surface area contributed by atoms with Crippen molar-refractivity contribution in [3.63, 3.8) is 0 Å². The number of furan rings is 1. The Morgan fingerprint density at radius 3 is 1.72 bits per heavy atom. The van der Waals surface area contributed by atoms with Crippen LogP contribution in [0.1, 0.15) is 37.6 Å². The van der Waals surface area contributed by atoms with E-state index in [4.69, 9.17) is 14.6 Å². The summed E-state index contributed by atoms with van der Waals surface area (Å²) in [6.45, 7) is 3.45. The lowest BCUT2D eigenvalue weighted by molar-refractivity contribution is -0.402. The Kier molecular flexibility index (Phi) is 16.4. The van der Waals surface area contributed by atoms with Crippen molar-refractivity contribution in [3.05, 3.63) is 74.5 Å². The van der Waals surface area contributed by atoms with Gasteiger partial charge in [0, 0.05) is 50.6 Å². The number of carbonyl (C=O) groups is 3. The second-order valence-corrected chi connectivity index (χ2v) is 10.1. The monoisotopic (exact) mass is 741 g/mol. The molecule has 8 N–H and O–H groups in total. The fourth-order valence-corrected chi connectivity index (χ4v) is 4.77. The van der Waals surface area contributed by atoms with Gasteiger partial charge in [0.15, 0.2) is 5.76 Å². The summed E-state index contributed by atoms with van der Waals surface area (Å²) in [7, 11) is 0. The third-order valence-electron chi connectivity index (χ3n) is 6.94. The van der Waals surface area contributed by atoms with Gasteiger partial charge in [-0.3, -0.25) is 19.7 Å². The molecule has 0 bridgehead atoms. The minimum atomic E-state index is -0.651. The Labute approximate surface area is 297 Å². The Morgan fingerprint density at radius 1 is 0.780 bits per heavy atom. The van der Waals surface area contributed by atoms with Gasteiger partial charge in [-0.2, -0.15) is 10.1 Å². The zero-order chi connectivity index (χ0) is 34.6. The minimum absolute atomic E-state index is 0. The smallest absolute Gasteiger partial charge is 0.433 e. The SMILES string of the molecule is Cl.Cl.O=C1OCCN1N=Cc1ccc([N+](=O)[O-])o1.O=C1c2c(O)ccc(O)c2C(=O)c2c(NCCNCCO)ccc(NCCNCCO)c21. The number of carbonyl (C=O) groups excluding carboxylic acids is 3. The van der Waals surface area contributed by atoms with E-state index in [2.05, 4.69) is 31.1 Å². The van der Waals surface area contributed by atoms with Gasteiger partial charge in [0.1, 0.15) is 23.0 Å². The van der Waals surface area contributed by atoms with Gasteiger partial charge in [0.05, 0.1) is 54.3 Å². The van der Waals surface area contributed by atoms with E-state index in [-0.39, 0.29) is 90.0 Å². The molecular formula is C30H37Cl2N7O11. The van der Waals surface area contributed by atoms with Gasteiger partial charge >= 0.3 is 12.0 Å². The normalized spacial score (nSPS) is 13.0. The number of hydrazone groups is 1. The van der Waals surface area contributed by atoms with Crippen molar-refractivity contribution in [3.8, 4) is 11.5 Å². The molecule has 1 aliphatic heterocycles. The molecule has 1 aromatic heterocycles. The number of rotatable bonds is 15. The highest BCUT2D eigenvalue weighted by Gasteiger charge is 2.38. The maximum absolute atomic E-state index is 13.4. The molecule has 5 rings (SSSR count). The van der Waals surface area contributed by atoms with Gasteiger partial charge in [-0.05, 0) is 30.3 Å². The highest BCUT2D eigenvalue weighted by atomic mass is 35.5. The van der Waals surface area contributed by atoms with Crippen molar-refractivity contribution in [2.75, 3.05) is 76.3 Å². The molecule has 1 fully saturated rings. The molecule has 0 radical (unpaired) electrons. The van der Waals surface area contributed by atoms with Crippen LogP contribution in [0.15, 0.2) is 45.9 Å². The number of nitrogens with zero attached hydrogens (tertiary/aromatic N) is 3. The number of ketones is 2. The predicted octanol–water partition coefficient (Wildman–Crippen LogP) is 1.68. The number of amides is 1.